The SMILES string of the molecule is CCCC(Nc1cc(OC)c(F)cc1N)c1cccs1. The number of nitrogens with one attached hydrogen (secondary N) is 1. The number of nitrogens with two attached hydrogens (primary N) is 1. The molecular weight excluding hydrogens is 275 g/mol. The Kier molecular flexibility index (Phi) is 4.84. The standard InChI is InChI=1S/C15H19FN2OS/c1-3-5-12(15-6-4-7-20-15)18-13-9-14(19-2)10(16)8-11(13)17/h4,6-9,12,18H,3,5,17H2,1-2H3. The molecule has 3 nitrogen and oxygen atoms in total. The monoisotopic (exact) mass is 294 g/mol. The van der Waals surface area contributed by atoms with Crippen molar-refractivity contribution in [3.05, 3.63) is 40.3 Å². The van der Waals surface area contributed by atoms with Crippen molar-refractivity contribution in [2.75, 3.05) is 18.2 Å². The summed E-state index contributed by atoms with van der Waals surface area (Å²) >= 11 is 1.70. The van der Waals surface area contributed by atoms with Crippen LogP contribution >= 0.6 is 11.3 Å². The van der Waals surface area contributed by atoms with Crippen molar-refractivity contribution in [3.63, 3.8) is 0 Å². The normalized spacial score (nSPS) is 12.2. The maximum Gasteiger partial charge on any atom is 0.167 e. The predicted molar refractivity (Wildman–Crippen MR) is 83.0 cm³/mol. The zero-order valence-electron chi connectivity index (χ0n) is 11.7. The van der Waals surface area contributed by atoms with Gasteiger partial charge in [-0.1, -0.05) is 19.4 Å². The first-order valence-electron chi connectivity index (χ1n) is 6.58. The molecule has 0 saturated heterocycles. The first kappa shape index (κ1) is 14.7. The molecule has 1 aromatic heterocycles. The molecule has 2 rings (SSSR count). The summed E-state index contributed by atoms with van der Waals surface area (Å²) in [5.74, 6) is -0.248. The molecule has 1 atom stereocenters. The Bertz CT molecular complexity index is 557. The van der Waals surface area contributed by atoms with Gasteiger partial charge in [0.05, 0.1) is 24.5 Å². The number of rotatable bonds is 6. The van der Waals surface area contributed by atoms with E-state index in [1.54, 1.807) is 17.4 Å². The zero-order chi connectivity index (χ0) is 14.5. The molecule has 1 unspecified atom stereocenters. The molecule has 5 heteroatoms. The van der Waals surface area contributed by atoms with Gasteiger partial charge in [0, 0.05) is 17.0 Å². The van der Waals surface area contributed by atoms with Crippen molar-refractivity contribution >= 4 is 22.7 Å². The zero-order valence-corrected chi connectivity index (χ0v) is 12.5. The van der Waals surface area contributed by atoms with E-state index < -0.39 is 5.82 Å². The fraction of sp³-hybridized carbons (Fsp3) is 0.333. The second kappa shape index (κ2) is 6.61. The number of nitrogen functional groups attached to an aromatic ring is 1. The first-order chi connectivity index (χ1) is 9.65. The van der Waals surface area contributed by atoms with E-state index in [0.29, 0.717) is 11.4 Å². The van der Waals surface area contributed by atoms with Crippen molar-refractivity contribution in [2.24, 2.45) is 0 Å². The Morgan fingerprint density at radius 3 is 2.85 bits per heavy atom. The summed E-state index contributed by atoms with van der Waals surface area (Å²) in [5.41, 5.74) is 6.98. The molecule has 108 valence electrons. The van der Waals surface area contributed by atoms with E-state index in [4.69, 9.17) is 10.5 Å². The molecule has 0 saturated carbocycles. The minimum absolute atomic E-state index is 0.178. The average Bonchev–Trinajstić information content (AvgIpc) is 2.95. The Hall–Kier alpha value is -1.75. The predicted octanol–water partition coefficient (Wildman–Crippen LogP) is 4.43. The maximum absolute atomic E-state index is 13.6. The topological polar surface area (TPSA) is 47.3 Å². The number of anilines is 2. The van der Waals surface area contributed by atoms with E-state index in [9.17, 15) is 4.39 Å². The van der Waals surface area contributed by atoms with Gasteiger partial charge in [-0.15, -0.1) is 11.3 Å². The Morgan fingerprint density at radius 1 is 1.45 bits per heavy atom. The van der Waals surface area contributed by atoms with Crippen LogP contribution in [0.4, 0.5) is 15.8 Å². The van der Waals surface area contributed by atoms with Gasteiger partial charge in [0.15, 0.2) is 11.6 Å². The lowest BCUT2D eigenvalue weighted by Gasteiger charge is -2.20. The van der Waals surface area contributed by atoms with E-state index >= 15 is 0 Å². The molecule has 0 bridgehead atoms. The molecule has 0 radical (unpaired) electrons. The number of hydrogen-bond acceptors (Lipinski definition) is 4. The molecule has 0 aliphatic carbocycles. The summed E-state index contributed by atoms with van der Waals surface area (Å²) in [6.07, 6.45) is 2.04. The third-order valence-corrected chi connectivity index (χ3v) is 4.10. The summed E-state index contributed by atoms with van der Waals surface area (Å²) in [4.78, 5) is 1.24. The Balaban J connectivity index is 2.26. The van der Waals surface area contributed by atoms with Gasteiger partial charge in [-0.2, -0.15) is 0 Å². The van der Waals surface area contributed by atoms with Crippen LogP contribution in [0.15, 0.2) is 29.6 Å². The fourth-order valence-corrected chi connectivity index (χ4v) is 2.91. The molecule has 1 heterocycles. The maximum atomic E-state index is 13.6. The van der Waals surface area contributed by atoms with Gasteiger partial charge < -0.3 is 15.8 Å². The summed E-state index contributed by atoms with van der Waals surface area (Å²) < 4.78 is 18.6. The molecule has 0 spiro atoms. The van der Waals surface area contributed by atoms with Crippen molar-refractivity contribution in [3.8, 4) is 5.75 Å². The van der Waals surface area contributed by atoms with Crippen molar-refractivity contribution in [1.29, 1.82) is 0 Å². The van der Waals surface area contributed by atoms with Crippen molar-refractivity contribution in [1.82, 2.24) is 0 Å². The van der Waals surface area contributed by atoms with Gasteiger partial charge in [0.1, 0.15) is 0 Å². The Morgan fingerprint density at radius 2 is 2.25 bits per heavy atom. The number of ether oxygens (including phenoxy) is 1. The Labute approximate surface area is 122 Å². The third-order valence-electron chi connectivity index (χ3n) is 3.12. The van der Waals surface area contributed by atoms with Gasteiger partial charge in [-0.25, -0.2) is 4.39 Å². The van der Waals surface area contributed by atoms with Crippen LogP contribution in [0.2, 0.25) is 0 Å². The summed E-state index contributed by atoms with van der Waals surface area (Å²) in [7, 11) is 1.45. The smallest absolute Gasteiger partial charge is 0.167 e. The number of thiophene rings is 1. The highest BCUT2D eigenvalue weighted by atomic mass is 32.1. The minimum Gasteiger partial charge on any atom is -0.494 e. The second-order valence-electron chi connectivity index (χ2n) is 4.58. The van der Waals surface area contributed by atoms with Gasteiger partial charge >= 0.3 is 0 Å². The van der Waals surface area contributed by atoms with Crippen LogP contribution in [0.5, 0.6) is 5.75 Å². The molecule has 2 aromatic rings. The highest BCUT2D eigenvalue weighted by molar-refractivity contribution is 7.10. The molecule has 1 aromatic carbocycles. The van der Waals surface area contributed by atoms with Crippen molar-refractivity contribution < 1.29 is 9.13 Å². The van der Waals surface area contributed by atoms with Crippen LogP contribution in [0.25, 0.3) is 0 Å². The number of methoxy groups -OCH3 is 1. The van der Waals surface area contributed by atoms with Crippen LogP contribution in [0.3, 0.4) is 0 Å². The molecule has 0 fully saturated rings. The molecule has 3 N–H and O–H groups in total. The van der Waals surface area contributed by atoms with Crippen LogP contribution in [-0.2, 0) is 0 Å². The summed E-state index contributed by atoms with van der Waals surface area (Å²) in [5, 5.41) is 5.44. The lowest BCUT2D eigenvalue weighted by Crippen LogP contribution is -2.11. The van der Waals surface area contributed by atoms with E-state index in [0.717, 1.165) is 12.8 Å². The van der Waals surface area contributed by atoms with Gasteiger partial charge in [-0.3, -0.25) is 0 Å². The van der Waals surface area contributed by atoms with E-state index in [-0.39, 0.29) is 11.8 Å². The third kappa shape index (κ3) is 3.22. The van der Waals surface area contributed by atoms with E-state index in [2.05, 4.69) is 18.3 Å². The number of benzene rings is 1. The van der Waals surface area contributed by atoms with Gasteiger partial charge in [0.25, 0.3) is 0 Å². The van der Waals surface area contributed by atoms with E-state index in [1.807, 2.05) is 11.4 Å². The molecular formula is C15H19FN2OS. The van der Waals surface area contributed by atoms with Gasteiger partial charge in [-0.05, 0) is 17.9 Å². The minimum atomic E-state index is -0.446. The fourth-order valence-electron chi connectivity index (χ4n) is 2.10. The molecule has 0 amide bonds. The quantitative estimate of drug-likeness (QED) is 0.775. The van der Waals surface area contributed by atoms with Crippen LogP contribution < -0.4 is 15.8 Å². The number of halogens is 1. The molecule has 20 heavy (non-hydrogen) atoms. The average molecular weight is 294 g/mol. The van der Waals surface area contributed by atoms with Crippen LogP contribution in [0, 0.1) is 5.82 Å². The lowest BCUT2D eigenvalue weighted by atomic mass is 10.1. The largest absolute Gasteiger partial charge is 0.494 e. The van der Waals surface area contributed by atoms with Crippen LogP contribution in [0.1, 0.15) is 30.7 Å². The van der Waals surface area contributed by atoms with E-state index in [1.165, 1.54) is 18.1 Å². The molecule has 0 aliphatic rings. The summed E-state index contributed by atoms with van der Waals surface area (Å²) in [6, 6.07) is 7.20. The molecule has 0 aliphatic heterocycles. The summed E-state index contributed by atoms with van der Waals surface area (Å²) in [6.45, 7) is 2.14. The van der Waals surface area contributed by atoms with Gasteiger partial charge in [0.2, 0.25) is 0 Å². The van der Waals surface area contributed by atoms with Crippen molar-refractivity contribution in [2.45, 2.75) is 25.8 Å². The van der Waals surface area contributed by atoms with Crippen LogP contribution in [-0.4, -0.2) is 7.11 Å². The number of hydrogen-bond donors (Lipinski definition) is 2. The highest BCUT2D eigenvalue weighted by Crippen LogP contribution is 2.33. The lowest BCUT2D eigenvalue weighted by molar-refractivity contribution is 0.387. The second-order valence-corrected chi connectivity index (χ2v) is 5.55. The first-order valence-corrected chi connectivity index (χ1v) is 7.46. The highest BCUT2D eigenvalue weighted by Gasteiger charge is 2.15.